The molecule has 2 aromatic carbocycles. The number of piperazine rings is 1. The van der Waals surface area contributed by atoms with E-state index >= 15 is 0 Å². The monoisotopic (exact) mass is 352 g/mol. The molecule has 1 aliphatic rings. The summed E-state index contributed by atoms with van der Waals surface area (Å²) in [5.41, 5.74) is 2.06. The van der Waals surface area contributed by atoms with E-state index in [4.69, 9.17) is 9.47 Å². The molecule has 0 radical (unpaired) electrons. The van der Waals surface area contributed by atoms with Crippen LogP contribution < -0.4 is 14.4 Å². The van der Waals surface area contributed by atoms with Crippen molar-refractivity contribution >= 4 is 17.7 Å². The summed E-state index contributed by atoms with van der Waals surface area (Å²) in [7, 11) is 3.32. The number of hydrogen-bond donors (Lipinski definition) is 0. The SMILES string of the molecule is COc1ccc(/C=C/C(=O)N2CCN(c3ccccc3OC)CC2)cc1. The van der Waals surface area contributed by atoms with E-state index in [1.807, 2.05) is 53.4 Å². The fourth-order valence-electron chi connectivity index (χ4n) is 3.05. The molecule has 1 amide bonds. The predicted octanol–water partition coefficient (Wildman–Crippen LogP) is 3.07. The molecule has 5 heteroatoms. The van der Waals surface area contributed by atoms with Gasteiger partial charge in [0.05, 0.1) is 19.9 Å². The lowest BCUT2D eigenvalue weighted by Gasteiger charge is -2.36. The summed E-state index contributed by atoms with van der Waals surface area (Å²) in [5.74, 6) is 1.72. The minimum absolute atomic E-state index is 0.0421. The first-order valence-electron chi connectivity index (χ1n) is 8.70. The van der Waals surface area contributed by atoms with Gasteiger partial charge in [0.15, 0.2) is 0 Å². The molecule has 3 rings (SSSR count). The molecule has 0 atom stereocenters. The number of ether oxygens (including phenoxy) is 2. The second kappa shape index (κ2) is 8.43. The fourth-order valence-corrected chi connectivity index (χ4v) is 3.05. The second-order valence-electron chi connectivity index (χ2n) is 6.09. The van der Waals surface area contributed by atoms with Crippen LogP contribution in [0, 0.1) is 0 Å². The van der Waals surface area contributed by atoms with Crippen LogP contribution in [0.2, 0.25) is 0 Å². The van der Waals surface area contributed by atoms with Gasteiger partial charge in [-0.15, -0.1) is 0 Å². The molecule has 136 valence electrons. The number of para-hydroxylation sites is 2. The Morgan fingerprint density at radius 1 is 0.923 bits per heavy atom. The van der Waals surface area contributed by atoms with Gasteiger partial charge in [0, 0.05) is 32.3 Å². The zero-order valence-corrected chi connectivity index (χ0v) is 15.2. The Morgan fingerprint density at radius 2 is 1.62 bits per heavy atom. The van der Waals surface area contributed by atoms with Gasteiger partial charge >= 0.3 is 0 Å². The molecule has 26 heavy (non-hydrogen) atoms. The highest BCUT2D eigenvalue weighted by Crippen LogP contribution is 2.28. The van der Waals surface area contributed by atoms with E-state index in [0.29, 0.717) is 13.1 Å². The summed E-state index contributed by atoms with van der Waals surface area (Å²) < 4.78 is 10.6. The third-order valence-electron chi connectivity index (χ3n) is 4.55. The van der Waals surface area contributed by atoms with Gasteiger partial charge in [-0.3, -0.25) is 4.79 Å². The molecule has 0 spiro atoms. The maximum atomic E-state index is 12.4. The summed E-state index contributed by atoms with van der Waals surface area (Å²) in [6.45, 7) is 2.98. The first-order valence-corrected chi connectivity index (χ1v) is 8.70. The lowest BCUT2D eigenvalue weighted by molar-refractivity contribution is -0.126. The molecular formula is C21H24N2O3. The number of hydrogen-bond acceptors (Lipinski definition) is 4. The quantitative estimate of drug-likeness (QED) is 0.776. The highest BCUT2D eigenvalue weighted by Gasteiger charge is 2.21. The second-order valence-corrected chi connectivity index (χ2v) is 6.09. The number of benzene rings is 2. The maximum absolute atomic E-state index is 12.4. The Labute approximate surface area is 154 Å². The van der Waals surface area contributed by atoms with Gasteiger partial charge < -0.3 is 19.3 Å². The third-order valence-corrected chi connectivity index (χ3v) is 4.55. The smallest absolute Gasteiger partial charge is 0.246 e. The normalized spacial score (nSPS) is 14.5. The number of anilines is 1. The van der Waals surface area contributed by atoms with E-state index in [1.54, 1.807) is 20.3 Å². The van der Waals surface area contributed by atoms with Crippen molar-refractivity contribution in [2.75, 3.05) is 45.3 Å². The van der Waals surface area contributed by atoms with Crippen molar-refractivity contribution < 1.29 is 14.3 Å². The molecule has 1 aliphatic heterocycles. The van der Waals surface area contributed by atoms with Crippen LogP contribution in [0.1, 0.15) is 5.56 Å². The van der Waals surface area contributed by atoms with Gasteiger partial charge in [0.2, 0.25) is 5.91 Å². The third kappa shape index (κ3) is 4.17. The van der Waals surface area contributed by atoms with Crippen molar-refractivity contribution in [2.45, 2.75) is 0 Å². The molecule has 0 saturated carbocycles. The fraction of sp³-hybridized carbons (Fsp3) is 0.286. The van der Waals surface area contributed by atoms with Crippen LogP contribution in [-0.4, -0.2) is 51.2 Å². The summed E-state index contributed by atoms with van der Waals surface area (Å²) in [6, 6.07) is 15.6. The zero-order valence-electron chi connectivity index (χ0n) is 15.2. The molecule has 0 aromatic heterocycles. The lowest BCUT2D eigenvalue weighted by Crippen LogP contribution is -2.48. The molecule has 1 fully saturated rings. The number of methoxy groups -OCH3 is 2. The molecule has 0 aliphatic carbocycles. The Hall–Kier alpha value is -2.95. The van der Waals surface area contributed by atoms with Crippen molar-refractivity contribution in [3.05, 3.63) is 60.2 Å². The van der Waals surface area contributed by atoms with Gasteiger partial charge in [-0.1, -0.05) is 24.3 Å². The topological polar surface area (TPSA) is 42.0 Å². The van der Waals surface area contributed by atoms with E-state index in [2.05, 4.69) is 11.0 Å². The van der Waals surface area contributed by atoms with Gasteiger partial charge in [0.1, 0.15) is 11.5 Å². The molecule has 1 heterocycles. The van der Waals surface area contributed by atoms with Crippen LogP contribution >= 0.6 is 0 Å². The number of rotatable bonds is 5. The predicted molar refractivity (Wildman–Crippen MR) is 104 cm³/mol. The standard InChI is InChI=1S/C21H24N2O3/c1-25-18-10-7-17(8-11-18)9-12-21(24)23-15-13-22(14-16-23)19-5-3-4-6-20(19)26-2/h3-12H,13-16H2,1-2H3/b12-9+. The van der Waals surface area contributed by atoms with Crippen LogP contribution in [0.5, 0.6) is 11.5 Å². The Bertz CT molecular complexity index is 763. The maximum Gasteiger partial charge on any atom is 0.246 e. The number of carbonyl (C=O) groups excluding carboxylic acids is 1. The molecular weight excluding hydrogens is 328 g/mol. The molecule has 0 N–H and O–H groups in total. The van der Waals surface area contributed by atoms with E-state index < -0.39 is 0 Å². The Kier molecular flexibility index (Phi) is 5.79. The van der Waals surface area contributed by atoms with Gasteiger partial charge in [0.25, 0.3) is 0 Å². The molecule has 0 unspecified atom stereocenters. The van der Waals surface area contributed by atoms with Crippen LogP contribution in [0.4, 0.5) is 5.69 Å². The van der Waals surface area contributed by atoms with Crippen molar-refractivity contribution in [1.82, 2.24) is 4.90 Å². The van der Waals surface area contributed by atoms with Crippen LogP contribution in [0.3, 0.4) is 0 Å². The van der Waals surface area contributed by atoms with Crippen molar-refractivity contribution in [1.29, 1.82) is 0 Å². The van der Waals surface area contributed by atoms with E-state index in [9.17, 15) is 4.79 Å². The Morgan fingerprint density at radius 3 is 2.27 bits per heavy atom. The van der Waals surface area contributed by atoms with Gasteiger partial charge in [-0.25, -0.2) is 0 Å². The number of amides is 1. The number of carbonyl (C=O) groups is 1. The van der Waals surface area contributed by atoms with E-state index in [-0.39, 0.29) is 5.91 Å². The largest absolute Gasteiger partial charge is 0.497 e. The van der Waals surface area contributed by atoms with Crippen LogP contribution in [-0.2, 0) is 4.79 Å². The van der Waals surface area contributed by atoms with Gasteiger partial charge in [-0.05, 0) is 35.9 Å². The lowest BCUT2D eigenvalue weighted by atomic mass is 10.2. The van der Waals surface area contributed by atoms with E-state index in [1.165, 1.54) is 0 Å². The first-order chi connectivity index (χ1) is 12.7. The van der Waals surface area contributed by atoms with Crippen LogP contribution in [0.15, 0.2) is 54.6 Å². The van der Waals surface area contributed by atoms with Crippen molar-refractivity contribution in [3.63, 3.8) is 0 Å². The zero-order chi connectivity index (χ0) is 18.4. The molecule has 1 saturated heterocycles. The van der Waals surface area contributed by atoms with E-state index in [0.717, 1.165) is 35.8 Å². The summed E-state index contributed by atoms with van der Waals surface area (Å²) in [4.78, 5) is 16.6. The highest BCUT2D eigenvalue weighted by atomic mass is 16.5. The van der Waals surface area contributed by atoms with Gasteiger partial charge in [-0.2, -0.15) is 0 Å². The van der Waals surface area contributed by atoms with Crippen molar-refractivity contribution in [3.8, 4) is 11.5 Å². The average molecular weight is 352 g/mol. The molecule has 0 bridgehead atoms. The first kappa shape index (κ1) is 17.9. The molecule has 2 aromatic rings. The highest BCUT2D eigenvalue weighted by molar-refractivity contribution is 5.92. The summed E-state index contributed by atoms with van der Waals surface area (Å²) >= 11 is 0. The summed E-state index contributed by atoms with van der Waals surface area (Å²) in [5, 5.41) is 0. The number of nitrogens with zero attached hydrogens (tertiary/aromatic N) is 2. The van der Waals surface area contributed by atoms with Crippen molar-refractivity contribution in [2.24, 2.45) is 0 Å². The molecule has 5 nitrogen and oxygen atoms in total. The average Bonchev–Trinajstić information content (AvgIpc) is 2.72. The minimum Gasteiger partial charge on any atom is -0.497 e. The minimum atomic E-state index is 0.0421. The summed E-state index contributed by atoms with van der Waals surface area (Å²) in [6.07, 6.45) is 3.48. The van der Waals surface area contributed by atoms with Crippen LogP contribution in [0.25, 0.3) is 6.08 Å². The Balaban J connectivity index is 1.57.